The number of rotatable bonds is 4. The van der Waals surface area contributed by atoms with E-state index in [1.807, 2.05) is 53.4 Å². The molecule has 1 aliphatic carbocycles. The second-order valence-electron chi connectivity index (χ2n) is 6.57. The first kappa shape index (κ1) is 15.9. The summed E-state index contributed by atoms with van der Waals surface area (Å²) < 4.78 is 11.1. The maximum absolute atomic E-state index is 12.8. The molecular formula is C21H21NO3. The molecule has 4 heteroatoms. The fourth-order valence-corrected chi connectivity index (χ4v) is 3.46. The van der Waals surface area contributed by atoms with E-state index in [2.05, 4.69) is 12.1 Å². The lowest BCUT2D eigenvalue weighted by Gasteiger charge is -2.25. The molecule has 2 aromatic rings. The fraction of sp³-hybridized carbons (Fsp3) is 0.286. The number of methoxy groups -OCH3 is 1. The van der Waals surface area contributed by atoms with Crippen LogP contribution in [0.3, 0.4) is 0 Å². The van der Waals surface area contributed by atoms with E-state index in [0.29, 0.717) is 6.73 Å². The van der Waals surface area contributed by atoms with Gasteiger partial charge in [-0.25, -0.2) is 0 Å². The monoisotopic (exact) mass is 335 g/mol. The third-order valence-corrected chi connectivity index (χ3v) is 4.98. The van der Waals surface area contributed by atoms with Crippen LogP contribution in [0, 0.1) is 0 Å². The van der Waals surface area contributed by atoms with Crippen LogP contribution >= 0.6 is 0 Å². The minimum atomic E-state index is -0.176. The van der Waals surface area contributed by atoms with E-state index in [1.165, 1.54) is 0 Å². The lowest BCUT2D eigenvalue weighted by molar-refractivity contribution is -0.128. The highest BCUT2D eigenvalue weighted by Crippen LogP contribution is 2.55. The zero-order chi connectivity index (χ0) is 17.3. The van der Waals surface area contributed by atoms with Gasteiger partial charge in [0, 0.05) is 6.08 Å². The van der Waals surface area contributed by atoms with E-state index in [9.17, 15) is 4.79 Å². The molecule has 128 valence electrons. The number of ether oxygens (including phenoxy) is 2. The molecule has 1 saturated carbocycles. The van der Waals surface area contributed by atoms with Crippen LogP contribution in [-0.2, 0) is 9.53 Å². The largest absolute Gasteiger partial charge is 0.497 e. The van der Waals surface area contributed by atoms with Gasteiger partial charge in [-0.2, -0.15) is 0 Å². The molecule has 2 aliphatic rings. The lowest BCUT2D eigenvalue weighted by Crippen LogP contribution is -2.32. The van der Waals surface area contributed by atoms with E-state index >= 15 is 0 Å². The standard InChI is InChI=1S/C21H21NO3/c1-24-18-10-7-16(8-11-18)9-12-19(23)22-15-25-21(13-14-21)20(22)17-5-3-2-4-6-17/h2-12,20H,13-15H2,1H3/b12-9+/t20-/m0/s1. The van der Waals surface area contributed by atoms with Crippen LogP contribution in [0.15, 0.2) is 60.7 Å². The van der Waals surface area contributed by atoms with Crippen molar-refractivity contribution >= 4 is 12.0 Å². The lowest BCUT2D eigenvalue weighted by atomic mass is 9.99. The Labute approximate surface area is 147 Å². The Bertz CT molecular complexity index is 779. The van der Waals surface area contributed by atoms with Gasteiger partial charge in [0.1, 0.15) is 12.5 Å². The molecule has 4 nitrogen and oxygen atoms in total. The Kier molecular flexibility index (Phi) is 4.06. The molecule has 2 fully saturated rings. The summed E-state index contributed by atoms with van der Waals surface area (Å²) in [5.41, 5.74) is 1.93. The maximum atomic E-state index is 12.8. The molecule has 2 aromatic carbocycles. The van der Waals surface area contributed by atoms with E-state index < -0.39 is 0 Å². The number of benzene rings is 2. The molecule has 0 unspecified atom stereocenters. The minimum absolute atomic E-state index is 0.00159. The summed E-state index contributed by atoms with van der Waals surface area (Å²) in [6.45, 7) is 0.353. The molecule has 1 atom stereocenters. The molecule has 0 radical (unpaired) electrons. The minimum Gasteiger partial charge on any atom is -0.497 e. The van der Waals surface area contributed by atoms with Gasteiger partial charge in [0.2, 0.25) is 5.91 Å². The van der Waals surface area contributed by atoms with Crippen molar-refractivity contribution in [1.82, 2.24) is 4.90 Å². The van der Waals surface area contributed by atoms with Gasteiger partial charge >= 0.3 is 0 Å². The van der Waals surface area contributed by atoms with E-state index in [4.69, 9.17) is 9.47 Å². The Morgan fingerprint density at radius 2 is 1.88 bits per heavy atom. The summed E-state index contributed by atoms with van der Waals surface area (Å²) in [6.07, 6.45) is 5.49. The quantitative estimate of drug-likeness (QED) is 0.798. The van der Waals surface area contributed by atoms with Crippen LogP contribution in [0.2, 0.25) is 0 Å². The first-order chi connectivity index (χ1) is 12.2. The van der Waals surface area contributed by atoms with Crippen molar-refractivity contribution in [3.63, 3.8) is 0 Å². The van der Waals surface area contributed by atoms with Crippen LogP contribution in [0.1, 0.15) is 30.0 Å². The van der Waals surface area contributed by atoms with Gasteiger partial charge in [-0.3, -0.25) is 4.79 Å². The average molecular weight is 335 g/mol. The third kappa shape index (κ3) is 3.05. The van der Waals surface area contributed by atoms with Crippen LogP contribution in [-0.4, -0.2) is 30.2 Å². The van der Waals surface area contributed by atoms with E-state index in [1.54, 1.807) is 13.2 Å². The van der Waals surface area contributed by atoms with Gasteiger partial charge in [-0.1, -0.05) is 42.5 Å². The molecular weight excluding hydrogens is 314 g/mol. The Morgan fingerprint density at radius 1 is 1.16 bits per heavy atom. The highest BCUT2D eigenvalue weighted by Gasteiger charge is 2.58. The van der Waals surface area contributed by atoms with Crippen molar-refractivity contribution in [3.8, 4) is 5.75 Å². The summed E-state index contributed by atoms with van der Waals surface area (Å²) in [6, 6.07) is 17.8. The number of carbonyl (C=O) groups is 1. The Balaban J connectivity index is 1.53. The zero-order valence-corrected chi connectivity index (χ0v) is 14.2. The smallest absolute Gasteiger partial charge is 0.249 e. The van der Waals surface area contributed by atoms with Crippen molar-refractivity contribution in [2.75, 3.05) is 13.8 Å². The normalized spacial score (nSPS) is 21.0. The number of hydrogen-bond donors (Lipinski definition) is 0. The summed E-state index contributed by atoms with van der Waals surface area (Å²) in [4.78, 5) is 14.6. The molecule has 1 amide bonds. The third-order valence-electron chi connectivity index (χ3n) is 4.98. The second-order valence-corrected chi connectivity index (χ2v) is 6.57. The van der Waals surface area contributed by atoms with Crippen molar-refractivity contribution in [3.05, 3.63) is 71.8 Å². The van der Waals surface area contributed by atoms with Crippen LogP contribution in [0.25, 0.3) is 6.08 Å². The Morgan fingerprint density at radius 3 is 2.52 bits per heavy atom. The molecule has 1 saturated heterocycles. The first-order valence-corrected chi connectivity index (χ1v) is 8.53. The number of hydrogen-bond acceptors (Lipinski definition) is 3. The number of carbonyl (C=O) groups excluding carboxylic acids is 1. The number of amides is 1. The van der Waals surface area contributed by atoms with Crippen LogP contribution in [0.5, 0.6) is 5.75 Å². The summed E-state index contributed by atoms with van der Waals surface area (Å²) in [7, 11) is 1.64. The maximum Gasteiger partial charge on any atom is 0.249 e. The van der Waals surface area contributed by atoms with Crippen LogP contribution in [0.4, 0.5) is 0 Å². The summed E-state index contributed by atoms with van der Waals surface area (Å²) >= 11 is 0. The summed E-state index contributed by atoms with van der Waals surface area (Å²) in [5, 5.41) is 0. The predicted molar refractivity (Wildman–Crippen MR) is 96.0 cm³/mol. The van der Waals surface area contributed by atoms with E-state index in [-0.39, 0.29) is 17.6 Å². The van der Waals surface area contributed by atoms with Gasteiger partial charge in [-0.15, -0.1) is 0 Å². The molecule has 0 N–H and O–H groups in total. The van der Waals surface area contributed by atoms with Gasteiger partial charge in [0.25, 0.3) is 0 Å². The molecule has 1 spiro atoms. The van der Waals surface area contributed by atoms with Crippen molar-refractivity contribution in [1.29, 1.82) is 0 Å². The van der Waals surface area contributed by atoms with Crippen molar-refractivity contribution in [2.24, 2.45) is 0 Å². The highest BCUT2D eigenvalue weighted by molar-refractivity contribution is 5.92. The molecule has 0 bridgehead atoms. The zero-order valence-electron chi connectivity index (χ0n) is 14.2. The molecule has 1 heterocycles. The molecule has 0 aromatic heterocycles. The van der Waals surface area contributed by atoms with Gasteiger partial charge < -0.3 is 14.4 Å². The summed E-state index contributed by atoms with van der Waals surface area (Å²) in [5.74, 6) is 0.782. The average Bonchev–Trinajstić information content (AvgIpc) is 3.33. The van der Waals surface area contributed by atoms with Crippen molar-refractivity contribution < 1.29 is 14.3 Å². The van der Waals surface area contributed by atoms with Gasteiger partial charge in [-0.05, 0) is 42.2 Å². The first-order valence-electron chi connectivity index (χ1n) is 8.53. The molecule has 4 rings (SSSR count). The topological polar surface area (TPSA) is 38.8 Å². The Hall–Kier alpha value is -2.59. The highest BCUT2D eigenvalue weighted by atomic mass is 16.5. The van der Waals surface area contributed by atoms with E-state index in [0.717, 1.165) is 29.7 Å². The predicted octanol–water partition coefficient (Wildman–Crippen LogP) is 3.80. The van der Waals surface area contributed by atoms with Crippen molar-refractivity contribution in [2.45, 2.75) is 24.5 Å². The number of nitrogens with zero attached hydrogens (tertiary/aromatic N) is 1. The molecule has 1 aliphatic heterocycles. The van der Waals surface area contributed by atoms with Gasteiger partial charge in [0.05, 0.1) is 18.8 Å². The second kappa shape index (κ2) is 6.37. The fourth-order valence-electron chi connectivity index (χ4n) is 3.46. The van der Waals surface area contributed by atoms with Crippen LogP contribution < -0.4 is 4.74 Å². The molecule has 25 heavy (non-hydrogen) atoms. The SMILES string of the molecule is COc1ccc(/C=C/C(=O)N2COC3(CC3)[C@@H]2c2ccccc2)cc1. The van der Waals surface area contributed by atoms with Gasteiger partial charge in [0.15, 0.2) is 0 Å².